The van der Waals surface area contributed by atoms with Gasteiger partial charge in [-0.2, -0.15) is 5.26 Å². The number of hydrogen-bond acceptors (Lipinski definition) is 3. The molecule has 1 aliphatic heterocycles. The SMILES string of the molecule is CC(CCC#N)(CCc1ccc(Cl)c(Cl)c1)OC(=O)N1CCCC1. The van der Waals surface area contributed by atoms with Gasteiger partial charge in [0.15, 0.2) is 0 Å². The number of likely N-dealkylation sites (tertiary alicyclic amines) is 1. The average Bonchev–Trinajstić information content (AvgIpc) is 3.09. The summed E-state index contributed by atoms with van der Waals surface area (Å²) in [6, 6.07) is 7.65. The molecule has 0 saturated carbocycles. The second-order valence-corrected chi connectivity index (χ2v) is 7.23. The number of halogens is 2. The molecule has 2 rings (SSSR count). The topological polar surface area (TPSA) is 53.3 Å². The molecule has 1 heterocycles. The number of carbonyl (C=O) groups excluding carboxylic acids is 1. The van der Waals surface area contributed by atoms with Crippen molar-refractivity contribution < 1.29 is 9.53 Å². The molecular weight excluding hydrogens is 347 g/mol. The number of nitriles is 1. The number of amides is 1. The Labute approximate surface area is 153 Å². The van der Waals surface area contributed by atoms with Gasteiger partial charge in [0, 0.05) is 19.5 Å². The van der Waals surface area contributed by atoms with E-state index in [1.54, 1.807) is 11.0 Å². The molecule has 0 aromatic heterocycles. The molecule has 1 aliphatic rings. The van der Waals surface area contributed by atoms with Gasteiger partial charge in [-0.25, -0.2) is 4.79 Å². The van der Waals surface area contributed by atoms with Crippen LogP contribution in [-0.4, -0.2) is 29.7 Å². The normalized spacial score (nSPS) is 16.5. The van der Waals surface area contributed by atoms with E-state index >= 15 is 0 Å². The summed E-state index contributed by atoms with van der Waals surface area (Å²) in [5.74, 6) is 0. The summed E-state index contributed by atoms with van der Waals surface area (Å²) in [6.45, 7) is 3.40. The second-order valence-electron chi connectivity index (χ2n) is 6.42. The summed E-state index contributed by atoms with van der Waals surface area (Å²) >= 11 is 12.0. The fraction of sp³-hybridized carbons (Fsp3) is 0.556. The fourth-order valence-electron chi connectivity index (χ4n) is 2.83. The number of benzene rings is 1. The minimum absolute atomic E-state index is 0.276. The zero-order valence-electron chi connectivity index (χ0n) is 13.9. The molecule has 0 N–H and O–H groups in total. The van der Waals surface area contributed by atoms with Gasteiger partial charge < -0.3 is 9.64 Å². The van der Waals surface area contributed by atoms with Crippen molar-refractivity contribution in [2.45, 2.75) is 51.0 Å². The van der Waals surface area contributed by atoms with E-state index in [2.05, 4.69) is 6.07 Å². The molecule has 1 saturated heterocycles. The van der Waals surface area contributed by atoms with Crippen LogP contribution in [0.3, 0.4) is 0 Å². The van der Waals surface area contributed by atoms with E-state index in [1.807, 2.05) is 19.1 Å². The highest BCUT2D eigenvalue weighted by atomic mass is 35.5. The Kier molecular flexibility index (Phi) is 6.77. The lowest BCUT2D eigenvalue weighted by molar-refractivity contribution is -0.00469. The standard InChI is InChI=1S/C18H22Cl2N2O2/c1-18(8-4-10-21,24-17(23)22-11-2-3-12-22)9-7-14-5-6-15(19)16(20)13-14/h5-6,13H,2-4,7-9,11-12H2,1H3. The van der Waals surface area contributed by atoms with Crippen molar-refractivity contribution in [2.75, 3.05) is 13.1 Å². The minimum atomic E-state index is -0.665. The van der Waals surface area contributed by atoms with Gasteiger partial charge in [0.1, 0.15) is 5.60 Å². The quantitative estimate of drug-likeness (QED) is 0.691. The number of hydrogen-bond donors (Lipinski definition) is 0. The first kappa shape index (κ1) is 18.9. The Balaban J connectivity index is 2.01. The molecule has 0 radical (unpaired) electrons. The zero-order valence-corrected chi connectivity index (χ0v) is 15.4. The lowest BCUT2D eigenvalue weighted by atomic mass is 9.92. The number of rotatable bonds is 6. The van der Waals surface area contributed by atoms with E-state index in [1.165, 1.54) is 0 Å². The van der Waals surface area contributed by atoms with Gasteiger partial charge in [0.05, 0.1) is 16.1 Å². The average molecular weight is 369 g/mol. The van der Waals surface area contributed by atoms with Crippen LogP contribution in [-0.2, 0) is 11.2 Å². The van der Waals surface area contributed by atoms with Crippen LogP contribution in [0.15, 0.2) is 18.2 Å². The molecule has 6 heteroatoms. The third kappa shape index (κ3) is 5.29. The largest absolute Gasteiger partial charge is 0.443 e. The maximum atomic E-state index is 12.3. The summed E-state index contributed by atoms with van der Waals surface area (Å²) in [7, 11) is 0. The summed E-state index contributed by atoms with van der Waals surface area (Å²) in [5, 5.41) is 9.93. The molecule has 0 aliphatic carbocycles. The molecule has 130 valence electrons. The smallest absolute Gasteiger partial charge is 0.410 e. The van der Waals surface area contributed by atoms with Crippen LogP contribution in [0.5, 0.6) is 0 Å². The molecule has 1 aromatic rings. The summed E-state index contributed by atoms with van der Waals surface area (Å²) < 4.78 is 5.78. The van der Waals surface area contributed by atoms with Gasteiger partial charge in [-0.1, -0.05) is 29.3 Å². The molecule has 1 atom stereocenters. The van der Waals surface area contributed by atoms with Gasteiger partial charge in [-0.3, -0.25) is 0 Å². The van der Waals surface area contributed by atoms with Crippen LogP contribution in [0, 0.1) is 11.3 Å². The van der Waals surface area contributed by atoms with Crippen molar-refractivity contribution in [1.82, 2.24) is 4.90 Å². The van der Waals surface area contributed by atoms with Gasteiger partial charge in [-0.15, -0.1) is 0 Å². The van der Waals surface area contributed by atoms with Crippen molar-refractivity contribution in [3.8, 4) is 6.07 Å². The number of carbonyl (C=O) groups is 1. The third-order valence-corrected chi connectivity index (χ3v) is 5.13. The molecule has 1 aromatic carbocycles. The Hall–Kier alpha value is -1.44. The van der Waals surface area contributed by atoms with Crippen molar-refractivity contribution >= 4 is 29.3 Å². The van der Waals surface area contributed by atoms with Crippen LogP contribution in [0.25, 0.3) is 0 Å². The highest BCUT2D eigenvalue weighted by molar-refractivity contribution is 6.42. The maximum Gasteiger partial charge on any atom is 0.410 e. The van der Waals surface area contributed by atoms with Gasteiger partial charge in [0.25, 0.3) is 0 Å². The Morgan fingerprint density at radius 2 is 2.00 bits per heavy atom. The van der Waals surface area contributed by atoms with Crippen LogP contribution < -0.4 is 0 Å². The van der Waals surface area contributed by atoms with Crippen LogP contribution in [0.4, 0.5) is 4.79 Å². The van der Waals surface area contributed by atoms with E-state index in [4.69, 9.17) is 33.2 Å². The van der Waals surface area contributed by atoms with Gasteiger partial charge in [0.2, 0.25) is 0 Å². The Bertz CT molecular complexity index is 624. The van der Waals surface area contributed by atoms with Crippen molar-refractivity contribution in [3.05, 3.63) is 33.8 Å². The lowest BCUT2D eigenvalue weighted by Crippen LogP contribution is -2.38. The van der Waals surface area contributed by atoms with Crippen molar-refractivity contribution in [2.24, 2.45) is 0 Å². The molecule has 1 fully saturated rings. The van der Waals surface area contributed by atoms with E-state index in [-0.39, 0.29) is 6.09 Å². The first-order chi connectivity index (χ1) is 11.4. The Morgan fingerprint density at radius 3 is 2.62 bits per heavy atom. The zero-order chi connectivity index (χ0) is 17.6. The predicted molar refractivity (Wildman–Crippen MR) is 95.3 cm³/mol. The lowest BCUT2D eigenvalue weighted by Gasteiger charge is -2.31. The minimum Gasteiger partial charge on any atom is -0.443 e. The first-order valence-electron chi connectivity index (χ1n) is 8.22. The van der Waals surface area contributed by atoms with E-state index < -0.39 is 5.60 Å². The molecular formula is C18H22Cl2N2O2. The van der Waals surface area contributed by atoms with Crippen LogP contribution in [0.1, 0.15) is 44.6 Å². The fourth-order valence-corrected chi connectivity index (χ4v) is 3.15. The number of ether oxygens (including phenoxy) is 1. The molecule has 1 amide bonds. The Morgan fingerprint density at radius 1 is 1.29 bits per heavy atom. The van der Waals surface area contributed by atoms with E-state index in [0.717, 1.165) is 31.5 Å². The van der Waals surface area contributed by atoms with Crippen molar-refractivity contribution in [1.29, 1.82) is 5.26 Å². The van der Waals surface area contributed by atoms with E-state index in [9.17, 15) is 4.79 Å². The maximum absolute atomic E-state index is 12.3. The van der Waals surface area contributed by atoms with Crippen LogP contribution in [0.2, 0.25) is 10.0 Å². The molecule has 24 heavy (non-hydrogen) atoms. The highest BCUT2D eigenvalue weighted by Crippen LogP contribution is 2.28. The summed E-state index contributed by atoms with van der Waals surface area (Å²) in [5.41, 5.74) is 0.367. The monoisotopic (exact) mass is 368 g/mol. The number of nitrogens with zero attached hydrogens (tertiary/aromatic N) is 2. The summed E-state index contributed by atoms with van der Waals surface area (Å²) in [6.07, 6.45) is 3.97. The highest BCUT2D eigenvalue weighted by Gasteiger charge is 2.31. The van der Waals surface area contributed by atoms with E-state index in [0.29, 0.717) is 35.7 Å². The number of aryl methyl sites for hydroxylation is 1. The molecule has 4 nitrogen and oxygen atoms in total. The predicted octanol–water partition coefficient (Wildman–Crippen LogP) is 5.22. The molecule has 1 unspecified atom stereocenters. The third-order valence-electron chi connectivity index (χ3n) is 4.39. The summed E-state index contributed by atoms with van der Waals surface area (Å²) in [4.78, 5) is 14.1. The van der Waals surface area contributed by atoms with Crippen LogP contribution >= 0.6 is 23.2 Å². The second kappa shape index (κ2) is 8.60. The van der Waals surface area contributed by atoms with Gasteiger partial charge in [-0.05, 0) is 56.7 Å². The molecule has 0 bridgehead atoms. The molecule has 0 spiro atoms. The van der Waals surface area contributed by atoms with Gasteiger partial charge >= 0.3 is 6.09 Å². The van der Waals surface area contributed by atoms with Crippen molar-refractivity contribution in [3.63, 3.8) is 0 Å². The first-order valence-corrected chi connectivity index (χ1v) is 8.98.